The van der Waals surface area contributed by atoms with Gasteiger partial charge in [0.15, 0.2) is 0 Å². The molecule has 0 aliphatic carbocycles. The van der Waals surface area contributed by atoms with Crippen molar-refractivity contribution in [3.63, 3.8) is 0 Å². The Bertz CT molecular complexity index is 361. The lowest BCUT2D eigenvalue weighted by atomic mass is 10.3. The van der Waals surface area contributed by atoms with Crippen LogP contribution in [0.1, 0.15) is 26.7 Å². The number of hydrogen-bond donors (Lipinski definition) is 2. The highest BCUT2D eigenvalue weighted by molar-refractivity contribution is 5.53. The van der Waals surface area contributed by atoms with Crippen LogP contribution in [0.5, 0.6) is 0 Å². The molecule has 4 nitrogen and oxygen atoms in total. The van der Waals surface area contributed by atoms with Gasteiger partial charge in [-0.05, 0) is 45.8 Å². The summed E-state index contributed by atoms with van der Waals surface area (Å²) < 4.78 is 0. The molecule has 1 unspecified atom stereocenters. The van der Waals surface area contributed by atoms with Gasteiger partial charge in [0.2, 0.25) is 0 Å². The lowest BCUT2D eigenvalue weighted by molar-refractivity contribution is 0.269. The zero-order chi connectivity index (χ0) is 12.8. The first-order valence-electron chi connectivity index (χ1n) is 6.96. The molecule has 1 aliphatic heterocycles. The van der Waals surface area contributed by atoms with Gasteiger partial charge in [-0.15, -0.1) is 0 Å². The first-order valence-corrected chi connectivity index (χ1v) is 6.96. The summed E-state index contributed by atoms with van der Waals surface area (Å²) in [6, 6.07) is 2.71. The van der Waals surface area contributed by atoms with Gasteiger partial charge in [-0.25, -0.2) is 0 Å². The van der Waals surface area contributed by atoms with Crippen molar-refractivity contribution >= 4 is 11.4 Å². The van der Waals surface area contributed by atoms with Crippen molar-refractivity contribution in [2.75, 3.05) is 36.8 Å². The zero-order valence-corrected chi connectivity index (χ0v) is 11.4. The lowest BCUT2D eigenvalue weighted by Gasteiger charge is -2.24. The van der Waals surface area contributed by atoms with Crippen LogP contribution in [0.15, 0.2) is 18.5 Å². The van der Waals surface area contributed by atoms with Gasteiger partial charge in [0.05, 0.1) is 23.8 Å². The second kappa shape index (κ2) is 6.59. The molecule has 1 aromatic heterocycles. The Balaban J connectivity index is 1.83. The number of nitrogens with zero attached hydrogens (tertiary/aromatic N) is 2. The van der Waals surface area contributed by atoms with Crippen molar-refractivity contribution in [1.29, 1.82) is 0 Å². The number of aromatic nitrogens is 1. The van der Waals surface area contributed by atoms with Crippen LogP contribution in [0.3, 0.4) is 0 Å². The maximum Gasteiger partial charge on any atom is 0.0548 e. The molecule has 2 rings (SSSR count). The SMILES string of the molecule is CCNc1cncc(NCC(C)N2CCCC2)c1. The van der Waals surface area contributed by atoms with Crippen LogP contribution in [-0.2, 0) is 0 Å². The molecule has 1 aliphatic rings. The van der Waals surface area contributed by atoms with Gasteiger partial charge in [-0.2, -0.15) is 0 Å². The highest BCUT2D eigenvalue weighted by Crippen LogP contribution is 2.15. The molecule has 18 heavy (non-hydrogen) atoms. The second-order valence-corrected chi connectivity index (χ2v) is 4.97. The number of nitrogens with one attached hydrogen (secondary N) is 2. The normalized spacial score (nSPS) is 17.7. The molecule has 1 atom stereocenters. The molecule has 4 heteroatoms. The molecule has 0 radical (unpaired) electrons. The predicted octanol–water partition coefficient (Wildman–Crippen LogP) is 2.41. The monoisotopic (exact) mass is 248 g/mol. The van der Waals surface area contributed by atoms with E-state index in [2.05, 4.69) is 40.4 Å². The molecule has 0 amide bonds. The molecule has 2 heterocycles. The molecule has 1 aromatic rings. The Morgan fingerprint density at radius 1 is 1.22 bits per heavy atom. The van der Waals surface area contributed by atoms with E-state index in [1.54, 1.807) is 0 Å². The van der Waals surface area contributed by atoms with E-state index >= 15 is 0 Å². The molecule has 2 N–H and O–H groups in total. The summed E-state index contributed by atoms with van der Waals surface area (Å²) in [5.74, 6) is 0. The minimum Gasteiger partial charge on any atom is -0.384 e. The van der Waals surface area contributed by atoms with Gasteiger partial charge in [-0.1, -0.05) is 0 Å². The van der Waals surface area contributed by atoms with Crippen molar-refractivity contribution in [2.24, 2.45) is 0 Å². The van der Waals surface area contributed by atoms with Crippen LogP contribution in [0.4, 0.5) is 11.4 Å². The molecular formula is C14H24N4. The summed E-state index contributed by atoms with van der Waals surface area (Å²) in [5.41, 5.74) is 2.18. The fraction of sp³-hybridized carbons (Fsp3) is 0.643. The van der Waals surface area contributed by atoms with Gasteiger partial charge in [0.25, 0.3) is 0 Å². The standard InChI is InChI=1S/C14H24N4/c1-3-16-13-8-14(11-15-10-13)17-9-12(2)18-6-4-5-7-18/h8,10-12,16-17H,3-7,9H2,1-2H3. The van der Waals surface area contributed by atoms with Crippen LogP contribution >= 0.6 is 0 Å². The minimum absolute atomic E-state index is 0.593. The van der Waals surface area contributed by atoms with Crippen LogP contribution in [0, 0.1) is 0 Å². The van der Waals surface area contributed by atoms with Crippen LogP contribution in [-0.4, -0.2) is 42.1 Å². The molecule has 0 saturated carbocycles. The van der Waals surface area contributed by atoms with Crippen LogP contribution < -0.4 is 10.6 Å². The fourth-order valence-electron chi connectivity index (χ4n) is 2.41. The van der Waals surface area contributed by atoms with E-state index in [1.165, 1.54) is 25.9 Å². The van der Waals surface area contributed by atoms with E-state index in [1.807, 2.05) is 12.4 Å². The van der Waals surface area contributed by atoms with Gasteiger partial charge in [0, 0.05) is 19.1 Å². The average Bonchev–Trinajstić information content (AvgIpc) is 2.91. The van der Waals surface area contributed by atoms with E-state index in [9.17, 15) is 0 Å². The van der Waals surface area contributed by atoms with Gasteiger partial charge in [-0.3, -0.25) is 9.88 Å². The summed E-state index contributed by atoms with van der Waals surface area (Å²) in [7, 11) is 0. The molecule has 100 valence electrons. The predicted molar refractivity (Wildman–Crippen MR) is 77.2 cm³/mol. The Labute approximate surface area is 110 Å². The summed E-state index contributed by atoms with van der Waals surface area (Å²) in [4.78, 5) is 6.79. The molecule has 0 bridgehead atoms. The van der Waals surface area contributed by atoms with Gasteiger partial charge < -0.3 is 10.6 Å². The Morgan fingerprint density at radius 3 is 2.56 bits per heavy atom. The fourth-order valence-corrected chi connectivity index (χ4v) is 2.41. The lowest BCUT2D eigenvalue weighted by Crippen LogP contribution is -2.35. The van der Waals surface area contributed by atoms with Gasteiger partial charge in [0.1, 0.15) is 0 Å². The van der Waals surface area contributed by atoms with Crippen molar-refractivity contribution in [3.05, 3.63) is 18.5 Å². The Kier molecular flexibility index (Phi) is 4.81. The Morgan fingerprint density at radius 2 is 1.89 bits per heavy atom. The first kappa shape index (κ1) is 13.1. The van der Waals surface area contributed by atoms with Crippen molar-refractivity contribution in [1.82, 2.24) is 9.88 Å². The summed E-state index contributed by atoms with van der Waals surface area (Å²) in [6.07, 6.45) is 6.44. The topological polar surface area (TPSA) is 40.2 Å². The maximum absolute atomic E-state index is 4.24. The number of hydrogen-bond acceptors (Lipinski definition) is 4. The van der Waals surface area contributed by atoms with Crippen molar-refractivity contribution in [2.45, 2.75) is 32.7 Å². The highest BCUT2D eigenvalue weighted by Gasteiger charge is 2.17. The van der Waals surface area contributed by atoms with Crippen molar-refractivity contribution in [3.8, 4) is 0 Å². The second-order valence-electron chi connectivity index (χ2n) is 4.97. The third kappa shape index (κ3) is 3.60. The zero-order valence-electron chi connectivity index (χ0n) is 11.4. The third-order valence-electron chi connectivity index (χ3n) is 3.48. The average molecular weight is 248 g/mol. The first-order chi connectivity index (χ1) is 8.79. The van der Waals surface area contributed by atoms with E-state index in [4.69, 9.17) is 0 Å². The van der Waals surface area contributed by atoms with E-state index in [0.29, 0.717) is 6.04 Å². The molecule has 1 fully saturated rings. The largest absolute Gasteiger partial charge is 0.384 e. The molecular weight excluding hydrogens is 224 g/mol. The van der Waals surface area contributed by atoms with Crippen LogP contribution in [0.2, 0.25) is 0 Å². The quantitative estimate of drug-likeness (QED) is 0.811. The van der Waals surface area contributed by atoms with E-state index < -0.39 is 0 Å². The molecule has 0 spiro atoms. The minimum atomic E-state index is 0.593. The molecule has 1 saturated heterocycles. The van der Waals surface area contributed by atoms with E-state index in [0.717, 1.165) is 24.5 Å². The number of pyridine rings is 1. The van der Waals surface area contributed by atoms with E-state index in [-0.39, 0.29) is 0 Å². The number of anilines is 2. The summed E-state index contributed by atoms with van der Waals surface area (Å²) in [6.45, 7) is 8.79. The smallest absolute Gasteiger partial charge is 0.0548 e. The highest BCUT2D eigenvalue weighted by atomic mass is 15.2. The summed E-state index contributed by atoms with van der Waals surface area (Å²) >= 11 is 0. The maximum atomic E-state index is 4.24. The third-order valence-corrected chi connectivity index (χ3v) is 3.48. The van der Waals surface area contributed by atoms with Gasteiger partial charge >= 0.3 is 0 Å². The number of likely N-dealkylation sites (tertiary alicyclic amines) is 1. The van der Waals surface area contributed by atoms with Crippen LogP contribution in [0.25, 0.3) is 0 Å². The van der Waals surface area contributed by atoms with Crippen molar-refractivity contribution < 1.29 is 0 Å². The summed E-state index contributed by atoms with van der Waals surface area (Å²) in [5, 5.41) is 6.75. The Hall–Kier alpha value is -1.29. The molecule has 0 aromatic carbocycles. The number of rotatable bonds is 6.